The number of allylic oxidation sites excluding steroid dienone is 5. The summed E-state index contributed by atoms with van der Waals surface area (Å²) in [6, 6.07) is 0.205. The summed E-state index contributed by atoms with van der Waals surface area (Å²) in [5.41, 5.74) is 2.62. The van der Waals surface area contributed by atoms with Crippen molar-refractivity contribution in [3.63, 3.8) is 0 Å². The molecule has 0 bridgehead atoms. The Morgan fingerprint density at radius 3 is 2.83 bits per heavy atom. The molecule has 1 heterocycles. The molecule has 2 aliphatic carbocycles. The summed E-state index contributed by atoms with van der Waals surface area (Å²) < 4.78 is 19.4. The Balaban J connectivity index is 1.57. The second kappa shape index (κ2) is 11.5. The molecule has 30 heavy (non-hydrogen) atoms. The van der Waals surface area contributed by atoms with Crippen molar-refractivity contribution in [1.29, 1.82) is 0 Å². The third-order valence-electron chi connectivity index (χ3n) is 5.98. The maximum atomic E-state index is 13.1. The van der Waals surface area contributed by atoms with Gasteiger partial charge in [0.05, 0.1) is 43.2 Å². The van der Waals surface area contributed by atoms with Crippen LogP contribution in [-0.4, -0.2) is 63.3 Å². The van der Waals surface area contributed by atoms with E-state index in [-0.39, 0.29) is 12.1 Å². The molecule has 0 aromatic rings. The molecule has 166 valence electrons. The Hall–Kier alpha value is -1.92. The van der Waals surface area contributed by atoms with E-state index in [9.17, 15) is 4.39 Å². The number of hydrogen-bond donors (Lipinski definition) is 2. The fraction of sp³-hybridized carbons (Fsp3) is 0.625. The van der Waals surface area contributed by atoms with Crippen LogP contribution in [-0.2, 0) is 4.74 Å². The van der Waals surface area contributed by atoms with Crippen LogP contribution in [0, 0.1) is 5.92 Å². The van der Waals surface area contributed by atoms with Gasteiger partial charge in [-0.25, -0.2) is 4.39 Å². The van der Waals surface area contributed by atoms with E-state index in [1.807, 2.05) is 12.2 Å². The predicted molar refractivity (Wildman–Crippen MR) is 122 cm³/mol. The average Bonchev–Trinajstić information content (AvgIpc) is 2.93. The molecule has 0 saturated carbocycles. The molecule has 1 saturated heterocycles. The number of aliphatic imine (C=N–C) groups is 1. The first-order chi connectivity index (χ1) is 14.5. The van der Waals surface area contributed by atoms with Gasteiger partial charge in [-0.3, -0.25) is 4.99 Å². The maximum Gasteiger partial charge on any atom is 0.120 e. The zero-order valence-electron chi connectivity index (χ0n) is 18.7. The van der Waals surface area contributed by atoms with Crippen LogP contribution in [0.25, 0.3) is 0 Å². The largest absolute Gasteiger partial charge is 0.376 e. The summed E-state index contributed by atoms with van der Waals surface area (Å²) in [5, 5.41) is 6.78. The quantitative estimate of drug-likeness (QED) is 0.621. The number of nitrogens with zero attached hydrogens (tertiary/aromatic N) is 2. The van der Waals surface area contributed by atoms with Gasteiger partial charge < -0.3 is 20.3 Å². The molecular formula is C24H37FN4O. The molecule has 3 aliphatic rings. The Kier molecular flexibility index (Phi) is 8.70. The predicted octanol–water partition coefficient (Wildman–Crippen LogP) is 3.73. The molecular weight excluding hydrogens is 379 g/mol. The van der Waals surface area contributed by atoms with E-state index in [1.54, 1.807) is 0 Å². The molecule has 0 amide bonds. The molecule has 1 aliphatic heterocycles. The third kappa shape index (κ3) is 6.81. The topological polar surface area (TPSA) is 48.9 Å². The number of ether oxygens (including phenoxy) is 1. The van der Waals surface area contributed by atoms with Crippen LogP contribution in [0.3, 0.4) is 0 Å². The number of alkyl halides is 1. The number of hydrogen-bond acceptors (Lipinski definition) is 4. The van der Waals surface area contributed by atoms with E-state index in [4.69, 9.17) is 9.73 Å². The van der Waals surface area contributed by atoms with E-state index in [0.29, 0.717) is 31.2 Å². The number of likely N-dealkylation sites (N-methyl/N-ethyl adjacent to an activating group) is 1. The van der Waals surface area contributed by atoms with Gasteiger partial charge in [-0.15, -0.1) is 0 Å². The van der Waals surface area contributed by atoms with Crippen LogP contribution < -0.4 is 10.6 Å². The van der Waals surface area contributed by atoms with Crippen molar-refractivity contribution in [2.75, 3.05) is 40.5 Å². The molecule has 6 heteroatoms. The van der Waals surface area contributed by atoms with E-state index in [0.717, 1.165) is 30.1 Å². The molecule has 2 unspecified atom stereocenters. The highest BCUT2D eigenvalue weighted by atomic mass is 19.1. The second-order valence-electron chi connectivity index (χ2n) is 8.73. The zero-order valence-corrected chi connectivity index (χ0v) is 18.7. The summed E-state index contributed by atoms with van der Waals surface area (Å²) >= 11 is 0. The molecule has 2 N–H and O–H groups in total. The lowest BCUT2D eigenvalue weighted by Crippen LogP contribution is -2.43. The van der Waals surface area contributed by atoms with E-state index in [2.05, 4.69) is 54.8 Å². The minimum Gasteiger partial charge on any atom is -0.376 e. The normalized spacial score (nSPS) is 28.0. The molecule has 0 aromatic heterocycles. The number of amidine groups is 1. The smallest absolute Gasteiger partial charge is 0.120 e. The lowest BCUT2D eigenvalue weighted by molar-refractivity contribution is 0.0394. The van der Waals surface area contributed by atoms with Gasteiger partial charge in [-0.05, 0) is 50.9 Å². The highest BCUT2D eigenvalue weighted by Crippen LogP contribution is 2.19. The number of halogens is 1. The molecule has 3 rings (SSSR count). The summed E-state index contributed by atoms with van der Waals surface area (Å²) in [7, 11) is 4.15. The highest BCUT2D eigenvalue weighted by molar-refractivity contribution is 5.88. The summed E-state index contributed by atoms with van der Waals surface area (Å²) in [4.78, 5) is 6.99. The molecule has 0 radical (unpaired) electrons. The van der Waals surface area contributed by atoms with E-state index in [1.165, 1.54) is 19.3 Å². The van der Waals surface area contributed by atoms with Gasteiger partial charge in [0.15, 0.2) is 0 Å². The van der Waals surface area contributed by atoms with Gasteiger partial charge in [0, 0.05) is 0 Å². The van der Waals surface area contributed by atoms with Crippen LogP contribution in [0.15, 0.2) is 52.3 Å². The van der Waals surface area contributed by atoms with Gasteiger partial charge in [-0.2, -0.15) is 0 Å². The standard InChI is InChI=1S/C24H37FN4O/c1-18-7-4-5-9-21(12-11-18)30-17-20(29(2)3)15-27-24-16-26-22-10-6-8-19(14-25)13-23(22)28-24/h8,10-13,18,20-21,26H,4-7,9,14-17H2,1-3H3,(H,27,28)/b12-11-/t18-,20?,21?/m1/s1. The van der Waals surface area contributed by atoms with Gasteiger partial charge in [0.1, 0.15) is 12.5 Å². The minimum absolute atomic E-state index is 0.201. The van der Waals surface area contributed by atoms with Crippen molar-refractivity contribution >= 4 is 5.84 Å². The number of piperazine rings is 1. The van der Waals surface area contributed by atoms with Gasteiger partial charge in [0.2, 0.25) is 0 Å². The fourth-order valence-electron chi connectivity index (χ4n) is 3.87. The summed E-state index contributed by atoms with van der Waals surface area (Å²) in [6.07, 6.45) is 16.2. The second-order valence-corrected chi connectivity index (χ2v) is 8.73. The molecule has 0 aromatic carbocycles. The molecule has 1 fully saturated rings. The van der Waals surface area contributed by atoms with Crippen molar-refractivity contribution in [2.45, 2.75) is 51.2 Å². The Morgan fingerprint density at radius 2 is 2.03 bits per heavy atom. The van der Waals surface area contributed by atoms with Crippen molar-refractivity contribution in [3.05, 3.63) is 47.3 Å². The van der Waals surface area contributed by atoms with E-state index >= 15 is 0 Å². The monoisotopic (exact) mass is 416 g/mol. The first-order valence-corrected chi connectivity index (χ1v) is 11.2. The van der Waals surface area contributed by atoms with Gasteiger partial charge >= 0.3 is 0 Å². The third-order valence-corrected chi connectivity index (χ3v) is 5.98. The van der Waals surface area contributed by atoms with Crippen molar-refractivity contribution in [3.8, 4) is 0 Å². The van der Waals surface area contributed by atoms with Crippen LogP contribution in [0.5, 0.6) is 0 Å². The lowest BCUT2D eigenvalue weighted by Gasteiger charge is -2.27. The van der Waals surface area contributed by atoms with Crippen LogP contribution in [0.4, 0.5) is 4.39 Å². The van der Waals surface area contributed by atoms with Crippen molar-refractivity contribution in [1.82, 2.24) is 15.5 Å². The SMILES string of the molecule is C[C@H]1/C=C\C(OCC(CN=C2CNC3=CCC=C(CF)C=C3N2)N(C)C)CCCC1. The lowest BCUT2D eigenvalue weighted by atomic mass is 9.97. The van der Waals surface area contributed by atoms with Crippen LogP contribution >= 0.6 is 0 Å². The average molecular weight is 417 g/mol. The number of rotatable bonds is 7. The first kappa shape index (κ1) is 22.8. The van der Waals surface area contributed by atoms with Crippen molar-refractivity contribution in [2.24, 2.45) is 10.9 Å². The van der Waals surface area contributed by atoms with Crippen molar-refractivity contribution < 1.29 is 9.13 Å². The first-order valence-electron chi connectivity index (χ1n) is 11.2. The Labute approximate surface area is 180 Å². The molecule has 0 spiro atoms. The highest BCUT2D eigenvalue weighted by Gasteiger charge is 2.19. The Morgan fingerprint density at radius 1 is 1.20 bits per heavy atom. The van der Waals surface area contributed by atoms with Crippen LogP contribution in [0.2, 0.25) is 0 Å². The van der Waals surface area contributed by atoms with Crippen LogP contribution in [0.1, 0.15) is 39.0 Å². The summed E-state index contributed by atoms with van der Waals surface area (Å²) in [6.45, 7) is 3.79. The molecule has 5 nitrogen and oxygen atoms in total. The molecule has 3 atom stereocenters. The minimum atomic E-state index is -0.451. The van der Waals surface area contributed by atoms with Gasteiger partial charge in [0.25, 0.3) is 0 Å². The van der Waals surface area contributed by atoms with Gasteiger partial charge in [-0.1, -0.05) is 44.1 Å². The number of nitrogens with one attached hydrogen (secondary N) is 2. The Bertz CT molecular complexity index is 723. The zero-order chi connectivity index (χ0) is 21.3. The van der Waals surface area contributed by atoms with E-state index < -0.39 is 6.67 Å². The fourth-order valence-corrected chi connectivity index (χ4v) is 3.87. The summed E-state index contributed by atoms with van der Waals surface area (Å²) in [5.74, 6) is 1.52. The maximum absolute atomic E-state index is 13.1. The number of fused-ring (bicyclic) bond motifs is 1.